The Morgan fingerprint density at radius 3 is 2.26 bits per heavy atom. The van der Waals surface area contributed by atoms with Crippen LogP contribution in [0.1, 0.15) is 35.3 Å². The molecule has 0 bridgehead atoms. The Balaban J connectivity index is 1.85. The number of hydrogen-bond acceptors (Lipinski definition) is 3. The lowest BCUT2D eigenvalue weighted by Gasteiger charge is -2.13. The van der Waals surface area contributed by atoms with Crippen LogP contribution >= 0.6 is 0 Å². The molecular formula is C19H21NO3. The van der Waals surface area contributed by atoms with Gasteiger partial charge in [-0.25, -0.2) is 4.79 Å². The molecule has 0 spiro atoms. The summed E-state index contributed by atoms with van der Waals surface area (Å²) in [5.41, 5.74) is 2.59. The monoisotopic (exact) mass is 311 g/mol. The molecule has 0 aromatic heterocycles. The van der Waals surface area contributed by atoms with Gasteiger partial charge in [0.1, 0.15) is 0 Å². The Hall–Kier alpha value is -2.62. The van der Waals surface area contributed by atoms with E-state index in [0.29, 0.717) is 12.1 Å². The molecule has 0 fully saturated rings. The highest BCUT2D eigenvalue weighted by atomic mass is 16.5. The highest BCUT2D eigenvalue weighted by Crippen LogP contribution is 2.08. The molecule has 0 saturated heterocycles. The van der Waals surface area contributed by atoms with Gasteiger partial charge in [-0.3, -0.25) is 4.79 Å². The summed E-state index contributed by atoms with van der Waals surface area (Å²) in [6, 6.07) is 16.8. The van der Waals surface area contributed by atoms with Crippen molar-refractivity contribution in [3.05, 3.63) is 71.3 Å². The third-order valence-corrected chi connectivity index (χ3v) is 3.56. The first-order valence-electron chi connectivity index (χ1n) is 7.71. The molecule has 2 aromatic rings. The molecule has 120 valence electrons. The Morgan fingerprint density at radius 2 is 1.65 bits per heavy atom. The molecule has 2 aromatic carbocycles. The van der Waals surface area contributed by atoms with E-state index in [1.54, 1.807) is 19.1 Å². The van der Waals surface area contributed by atoms with Gasteiger partial charge in [-0.1, -0.05) is 49.4 Å². The van der Waals surface area contributed by atoms with E-state index in [-0.39, 0.29) is 5.91 Å². The number of esters is 1. The molecule has 0 unspecified atom stereocenters. The number of ether oxygens (including phenoxy) is 1. The number of carbonyl (C=O) groups excluding carboxylic acids is 2. The maximum Gasteiger partial charge on any atom is 0.338 e. The van der Waals surface area contributed by atoms with Crippen LogP contribution in [-0.4, -0.2) is 18.0 Å². The third kappa shape index (κ3) is 4.95. The molecule has 0 aliphatic carbocycles. The topological polar surface area (TPSA) is 55.4 Å². The van der Waals surface area contributed by atoms with Crippen LogP contribution in [-0.2, 0) is 22.5 Å². The van der Waals surface area contributed by atoms with E-state index in [1.165, 1.54) is 0 Å². The second-order valence-electron chi connectivity index (χ2n) is 5.30. The van der Waals surface area contributed by atoms with E-state index < -0.39 is 12.1 Å². The summed E-state index contributed by atoms with van der Waals surface area (Å²) in [4.78, 5) is 24.0. The van der Waals surface area contributed by atoms with Crippen molar-refractivity contribution in [1.29, 1.82) is 0 Å². The maximum absolute atomic E-state index is 12.0. The Morgan fingerprint density at radius 1 is 1.00 bits per heavy atom. The summed E-state index contributed by atoms with van der Waals surface area (Å²) >= 11 is 0. The number of benzene rings is 2. The van der Waals surface area contributed by atoms with Gasteiger partial charge in [0.2, 0.25) is 0 Å². The van der Waals surface area contributed by atoms with Gasteiger partial charge in [0.15, 0.2) is 6.10 Å². The van der Waals surface area contributed by atoms with Crippen molar-refractivity contribution in [1.82, 2.24) is 5.32 Å². The standard InChI is InChI=1S/C19H21NO3/c1-3-15-9-11-17(12-10-15)19(22)23-14(2)18(21)20-13-16-7-5-4-6-8-16/h4-12,14H,3,13H2,1-2H3,(H,20,21)/t14-/m0/s1. The fourth-order valence-electron chi connectivity index (χ4n) is 2.09. The molecule has 1 amide bonds. The molecular weight excluding hydrogens is 290 g/mol. The quantitative estimate of drug-likeness (QED) is 0.834. The van der Waals surface area contributed by atoms with E-state index in [4.69, 9.17) is 4.74 Å². The lowest BCUT2D eigenvalue weighted by atomic mass is 10.1. The van der Waals surface area contributed by atoms with Gasteiger partial charge in [0.25, 0.3) is 5.91 Å². The first-order chi connectivity index (χ1) is 11.1. The summed E-state index contributed by atoms with van der Waals surface area (Å²) in [5.74, 6) is -0.803. The SMILES string of the molecule is CCc1ccc(C(=O)O[C@@H](C)C(=O)NCc2ccccc2)cc1. The summed E-state index contributed by atoms with van der Waals surface area (Å²) in [5, 5.41) is 2.76. The average molecular weight is 311 g/mol. The fourth-order valence-corrected chi connectivity index (χ4v) is 2.09. The smallest absolute Gasteiger partial charge is 0.338 e. The minimum atomic E-state index is -0.836. The first kappa shape index (κ1) is 16.7. The van der Waals surface area contributed by atoms with Crippen LogP contribution in [0.15, 0.2) is 54.6 Å². The van der Waals surface area contributed by atoms with Gasteiger partial charge < -0.3 is 10.1 Å². The number of hydrogen-bond donors (Lipinski definition) is 1. The van der Waals surface area contributed by atoms with Crippen molar-refractivity contribution in [2.75, 3.05) is 0 Å². The van der Waals surface area contributed by atoms with Gasteiger partial charge in [-0.15, -0.1) is 0 Å². The van der Waals surface area contributed by atoms with Gasteiger partial charge >= 0.3 is 5.97 Å². The van der Waals surface area contributed by atoms with E-state index >= 15 is 0 Å². The van der Waals surface area contributed by atoms with Crippen LogP contribution < -0.4 is 5.32 Å². The largest absolute Gasteiger partial charge is 0.449 e. The van der Waals surface area contributed by atoms with Crippen LogP contribution in [0.5, 0.6) is 0 Å². The molecule has 0 aliphatic rings. The molecule has 2 rings (SSSR count). The number of rotatable bonds is 6. The van der Waals surface area contributed by atoms with Crippen LogP contribution in [0, 0.1) is 0 Å². The normalized spacial score (nSPS) is 11.6. The van der Waals surface area contributed by atoms with E-state index in [2.05, 4.69) is 5.32 Å². The number of nitrogens with one attached hydrogen (secondary N) is 1. The maximum atomic E-state index is 12.0. The first-order valence-corrected chi connectivity index (χ1v) is 7.71. The average Bonchev–Trinajstić information content (AvgIpc) is 2.60. The van der Waals surface area contributed by atoms with Gasteiger partial charge in [-0.05, 0) is 36.6 Å². The lowest BCUT2D eigenvalue weighted by Crippen LogP contribution is -2.35. The Labute approximate surface area is 136 Å². The predicted molar refractivity (Wildman–Crippen MR) is 89.0 cm³/mol. The lowest BCUT2D eigenvalue weighted by molar-refractivity contribution is -0.129. The minimum Gasteiger partial charge on any atom is -0.449 e. The highest BCUT2D eigenvalue weighted by molar-refractivity contribution is 5.92. The number of amides is 1. The van der Waals surface area contributed by atoms with Crippen molar-refractivity contribution in [3.63, 3.8) is 0 Å². The van der Waals surface area contributed by atoms with Gasteiger partial charge in [0, 0.05) is 6.54 Å². The third-order valence-electron chi connectivity index (χ3n) is 3.56. The van der Waals surface area contributed by atoms with Crippen molar-refractivity contribution in [2.45, 2.75) is 32.9 Å². The van der Waals surface area contributed by atoms with Gasteiger partial charge in [0.05, 0.1) is 5.56 Å². The summed E-state index contributed by atoms with van der Waals surface area (Å²) in [6.07, 6.45) is 0.0743. The highest BCUT2D eigenvalue weighted by Gasteiger charge is 2.18. The zero-order chi connectivity index (χ0) is 16.7. The summed E-state index contributed by atoms with van der Waals surface area (Å²) in [7, 11) is 0. The molecule has 0 aliphatic heterocycles. The van der Waals surface area contributed by atoms with E-state index in [1.807, 2.05) is 49.4 Å². The minimum absolute atomic E-state index is 0.313. The molecule has 1 atom stereocenters. The molecule has 23 heavy (non-hydrogen) atoms. The second-order valence-corrected chi connectivity index (χ2v) is 5.30. The fraction of sp³-hybridized carbons (Fsp3) is 0.263. The number of carbonyl (C=O) groups is 2. The zero-order valence-electron chi connectivity index (χ0n) is 13.4. The summed E-state index contributed by atoms with van der Waals surface area (Å²) in [6.45, 7) is 4.03. The number of aryl methyl sites for hydroxylation is 1. The molecule has 1 N–H and O–H groups in total. The zero-order valence-corrected chi connectivity index (χ0v) is 13.4. The van der Waals surface area contributed by atoms with Crippen molar-refractivity contribution >= 4 is 11.9 Å². The van der Waals surface area contributed by atoms with Gasteiger partial charge in [-0.2, -0.15) is 0 Å². The Kier molecular flexibility index (Phi) is 5.92. The van der Waals surface area contributed by atoms with Crippen LogP contribution in [0.4, 0.5) is 0 Å². The van der Waals surface area contributed by atoms with Crippen LogP contribution in [0.2, 0.25) is 0 Å². The summed E-state index contributed by atoms with van der Waals surface area (Å²) < 4.78 is 5.21. The molecule has 4 nitrogen and oxygen atoms in total. The van der Waals surface area contributed by atoms with Crippen LogP contribution in [0.3, 0.4) is 0 Å². The second kappa shape index (κ2) is 8.13. The molecule has 0 radical (unpaired) electrons. The van der Waals surface area contributed by atoms with Crippen molar-refractivity contribution in [3.8, 4) is 0 Å². The predicted octanol–water partition coefficient (Wildman–Crippen LogP) is 3.11. The van der Waals surface area contributed by atoms with E-state index in [0.717, 1.165) is 17.5 Å². The Bertz CT molecular complexity index is 650. The van der Waals surface area contributed by atoms with Crippen molar-refractivity contribution in [2.24, 2.45) is 0 Å². The molecule has 4 heteroatoms. The van der Waals surface area contributed by atoms with E-state index in [9.17, 15) is 9.59 Å². The van der Waals surface area contributed by atoms with Crippen molar-refractivity contribution < 1.29 is 14.3 Å². The molecule has 0 heterocycles. The molecule has 0 saturated carbocycles. The van der Waals surface area contributed by atoms with Crippen LogP contribution in [0.25, 0.3) is 0 Å².